The molecule has 0 aliphatic carbocycles. The summed E-state index contributed by atoms with van der Waals surface area (Å²) in [5, 5.41) is 13.0. The normalized spacial score (nSPS) is 14.6. The first-order valence-corrected chi connectivity index (χ1v) is 16.5. The Kier molecular flexibility index (Phi) is 8.55. The molecule has 2 amide bonds. The van der Waals surface area contributed by atoms with Gasteiger partial charge in [0.25, 0.3) is 5.91 Å². The number of rotatable bonds is 8. The third-order valence-electron chi connectivity index (χ3n) is 7.75. The number of benzene rings is 3. The molecule has 12 heteroatoms. The van der Waals surface area contributed by atoms with E-state index in [2.05, 4.69) is 67.9 Å². The summed E-state index contributed by atoms with van der Waals surface area (Å²) in [4.78, 5) is 31.3. The average Bonchev–Trinajstić information content (AvgIpc) is 3.36. The van der Waals surface area contributed by atoms with Gasteiger partial charge in [0.05, 0.1) is 11.9 Å². The van der Waals surface area contributed by atoms with Crippen molar-refractivity contribution in [3.05, 3.63) is 93.6 Å². The smallest absolute Gasteiger partial charge is 0.407 e. The van der Waals surface area contributed by atoms with Crippen LogP contribution in [0.4, 0.5) is 16.2 Å². The number of carbonyl (C=O) groups excluding carboxylic acids is 1. The largest absolute Gasteiger partial charge is 0.465 e. The van der Waals surface area contributed by atoms with Crippen LogP contribution >= 0.6 is 15.9 Å². The lowest BCUT2D eigenvalue weighted by Gasteiger charge is -2.33. The Morgan fingerprint density at radius 2 is 1.70 bits per heavy atom. The maximum Gasteiger partial charge on any atom is 0.407 e. The lowest BCUT2D eigenvalue weighted by Crippen LogP contribution is -2.47. The molecule has 0 saturated carbocycles. The minimum Gasteiger partial charge on any atom is -0.465 e. The summed E-state index contributed by atoms with van der Waals surface area (Å²) >= 11 is 3.61. The number of sulfonamides is 1. The second-order valence-electron chi connectivity index (χ2n) is 11.4. The molecule has 1 saturated heterocycles. The Labute approximate surface area is 259 Å². The number of aromatic nitrogens is 1. The van der Waals surface area contributed by atoms with Crippen molar-refractivity contribution in [1.82, 2.24) is 14.8 Å². The average molecular weight is 669 g/mol. The highest BCUT2D eigenvalue weighted by Crippen LogP contribution is 2.35. The summed E-state index contributed by atoms with van der Waals surface area (Å²) in [6.45, 7) is 7.44. The fourth-order valence-corrected chi connectivity index (χ4v) is 6.38. The van der Waals surface area contributed by atoms with Crippen molar-refractivity contribution >= 4 is 60.2 Å². The van der Waals surface area contributed by atoms with Crippen LogP contribution in [0.1, 0.15) is 41.0 Å². The number of halogens is 1. The molecular formula is C31H34BrN5O5S. The Hall–Kier alpha value is -3.87. The number of H-pyrrole nitrogens is 1. The van der Waals surface area contributed by atoms with Crippen molar-refractivity contribution in [2.45, 2.75) is 25.8 Å². The highest BCUT2D eigenvalue weighted by molar-refractivity contribution is 9.10. The minimum atomic E-state index is -3.42. The highest BCUT2D eigenvalue weighted by Gasteiger charge is 2.26. The molecule has 5 rings (SSSR count). The number of carbonyl (C=O) groups is 2. The third kappa shape index (κ3) is 7.38. The molecule has 1 aliphatic rings. The van der Waals surface area contributed by atoms with Crippen LogP contribution in [0.15, 0.2) is 71.2 Å². The van der Waals surface area contributed by atoms with Crippen LogP contribution in [-0.4, -0.2) is 72.7 Å². The molecule has 1 aliphatic heterocycles. The molecular weight excluding hydrogens is 634 g/mol. The Balaban J connectivity index is 1.32. The van der Waals surface area contributed by atoms with E-state index in [0.717, 1.165) is 39.3 Å². The SMILES string of the molecule is CC(C)(c1cccc(CN2CCN(C(=O)O)CC2)c1)c1cc(Br)cc(NC(=O)c2cc3ccc(NS(C)(=O)=O)cc3[nH]2)c1. The zero-order valence-electron chi connectivity index (χ0n) is 24.1. The molecule has 1 fully saturated rings. The summed E-state index contributed by atoms with van der Waals surface area (Å²) in [6, 6.07) is 21.1. The van der Waals surface area contributed by atoms with E-state index in [4.69, 9.17) is 0 Å². The Morgan fingerprint density at radius 1 is 0.953 bits per heavy atom. The first-order valence-electron chi connectivity index (χ1n) is 13.8. The fraction of sp³-hybridized carbons (Fsp3) is 0.290. The van der Waals surface area contributed by atoms with Gasteiger partial charge in [0.1, 0.15) is 5.69 Å². The molecule has 0 radical (unpaired) electrons. The van der Waals surface area contributed by atoms with Crippen molar-refractivity contribution in [3.63, 3.8) is 0 Å². The number of amides is 2. The van der Waals surface area contributed by atoms with Crippen molar-refractivity contribution < 1.29 is 23.1 Å². The first-order chi connectivity index (χ1) is 20.3. The van der Waals surface area contributed by atoms with Gasteiger partial charge in [0.15, 0.2) is 0 Å². The molecule has 0 bridgehead atoms. The van der Waals surface area contributed by atoms with E-state index in [-0.39, 0.29) is 11.3 Å². The van der Waals surface area contributed by atoms with E-state index in [9.17, 15) is 23.1 Å². The number of carboxylic acid groups (broad SMARTS) is 1. The molecule has 4 aromatic rings. The van der Waals surface area contributed by atoms with Crippen LogP contribution in [0.3, 0.4) is 0 Å². The van der Waals surface area contributed by atoms with Gasteiger partial charge < -0.3 is 20.3 Å². The van der Waals surface area contributed by atoms with Gasteiger partial charge in [-0.2, -0.15) is 0 Å². The maximum atomic E-state index is 13.2. The summed E-state index contributed by atoms with van der Waals surface area (Å²) in [6.07, 6.45) is 0.218. The molecule has 43 heavy (non-hydrogen) atoms. The predicted octanol–water partition coefficient (Wildman–Crippen LogP) is 5.68. The number of fused-ring (bicyclic) bond motifs is 1. The molecule has 0 unspecified atom stereocenters. The third-order valence-corrected chi connectivity index (χ3v) is 8.81. The van der Waals surface area contributed by atoms with Crippen molar-refractivity contribution in [2.75, 3.05) is 42.5 Å². The molecule has 0 spiro atoms. The van der Waals surface area contributed by atoms with E-state index in [0.29, 0.717) is 48.8 Å². The van der Waals surface area contributed by atoms with Crippen molar-refractivity contribution in [1.29, 1.82) is 0 Å². The summed E-state index contributed by atoms with van der Waals surface area (Å²) in [7, 11) is -3.42. The molecule has 1 aromatic heterocycles. The van der Waals surface area contributed by atoms with Crippen LogP contribution < -0.4 is 10.0 Å². The van der Waals surface area contributed by atoms with Crippen LogP contribution in [0.2, 0.25) is 0 Å². The standard InChI is InChI=1S/C31H34BrN5O5S/c1-31(2,22-6-4-5-20(13-22)19-36-9-11-37(12-10-36)30(39)40)23-15-24(32)17-26(16-23)33-29(38)28-14-21-7-8-25(18-27(21)34-28)35-43(3,41)42/h4-8,13-18,34-35H,9-12,19H2,1-3H3,(H,33,38)(H,39,40). The Bertz CT molecular complexity index is 1800. The number of hydrogen-bond acceptors (Lipinski definition) is 5. The zero-order chi connectivity index (χ0) is 30.9. The summed E-state index contributed by atoms with van der Waals surface area (Å²) in [5.74, 6) is -0.319. The quantitative estimate of drug-likeness (QED) is 0.191. The van der Waals surface area contributed by atoms with Crippen LogP contribution in [0.25, 0.3) is 10.9 Å². The summed E-state index contributed by atoms with van der Waals surface area (Å²) < 4.78 is 26.4. The van der Waals surface area contributed by atoms with Gasteiger partial charge in [-0.3, -0.25) is 14.4 Å². The van der Waals surface area contributed by atoms with Gasteiger partial charge in [-0.05, 0) is 53.1 Å². The van der Waals surface area contributed by atoms with E-state index in [1.165, 1.54) is 4.90 Å². The van der Waals surface area contributed by atoms with E-state index in [1.807, 2.05) is 24.3 Å². The molecule has 3 aromatic carbocycles. The van der Waals surface area contributed by atoms with Crippen LogP contribution in [0.5, 0.6) is 0 Å². The first kappa shape index (κ1) is 30.6. The fourth-order valence-electron chi connectivity index (χ4n) is 5.33. The lowest BCUT2D eigenvalue weighted by atomic mass is 9.77. The van der Waals surface area contributed by atoms with Gasteiger partial charge in [-0.25, -0.2) is 13.2 Å². The van der Waals surface area contributed by atoms with E-state index < -0.39 is 16.1 Å². The van der Waals surface area contributed by atoms with E-state index >= 15 is 0 Å². The Morgan fingerprint density at radius 3 is 2.40 bits per heavy atom. The molecule has 226 valence electrons. The molecule has 10 nitrogen and oxygen atoms in total. The number of nitrogens with one attached hydrogen (secondary N) is 3. The second-order valence-corrected chi connectivity index (χ2v) is 14.1. The van der Waals surface area contributed by atoms with Crippen LogP contribution in [0, 0.1) is 0 Å². The summed E-state index contributed by atoms with van der Waals surface area (Å²) in [5.41, 5.74) is 4.94. The van der Waals surface area contributed by atoms with Crippen LogP contribution in [-0.2, 0) is 22.0 Å². The molecule has 2 heterocycles. The van der Waals surface area contributed by atoms with Crippen molar-refractivity contribution in [3.8, 4) is 0 Å². The molecule has 4 N–H and O–H groups in total. The molecule has 0 atom stereocenters. The van der Waals surface area contributed by atoms with E-state index in [1.54, 1.807) is 24.3 Å². The van der Waals surface area contributed by atoms with Gasteiger partial charge in [0, 0.05) is 59.2 Å². The lowest BCUT2D eigenvalue weighted by molar-refractivity contribution is 0.101. The number of hydrogen-bond donors (Lipinski definition) is 4. The maximum absolute atomic E-state index is 13.2. The van der Waals surface area contributed by atoms with Gasteiger partial charge in [-0.1, -0.05) is 60.1 Å². The van der Waals surface area contributed by atoms with Crippen molar-refractivity contribution in [2.24, 2.45) is 0 Å². The number of aromatic amines is 1. The predicted molar refractivity (Wildman–Crippen MR) is 172 cm³/mol. The zero-order valence-corrected chi connectivity index (χ0v) is 26.5. The monoisotopic (exact) mass is 667 g/mol. The highest BCUT2D eigenvalue weighted by atomic mass is 79.9. The van der Waals surface area contributed by atoms with Gasteiger partial charge in [0.2, 0.25) is 10.0 Å². The topological polar surface area (TPSA) is 135 Å². The minimum absolute atomic E-state index is 0.319. The number of nitrogens with zero attached hydrogens (tertiary/aromatic N) is 2. The second kappa shape index (κ2) is 12.0. The number of anilines is 2. The van der Waals surface area contributed by atoms with Gasteiger partial charge >= 0.3 is 6.09 Å². The number of piperazine rings is 1. The van der Waals surface area contributed by atoms with Gasteiger partial charge in [-0.15, -0.1) is 0 Å².